The van der Waals surface area contributed by atoms with E-state index in [2.05, 4.69) is 0 Å². The molecule has 152 valence electrons. The molecule has 2 heterocycles. The highest BCUT2D eigenvalue weighted by Gasteiger charge is 2.36. The Morgan fingerprint density at radius 3 is 2.33 bits per heavy atom. The molecule has 1 atom stereocenters. The molecule has 4 rings (SSSR count). The van der Waals surface area contributed by atoms with Crippen molar-refractivity contribution in [2.45, 2.75) is 13.0 Å². The van der Waals surface area contributed by atoms with Gasteiger partial charge in [-0.2, -0.15) is 0 Å². The minimum Gasteiger partial charge on any atom is -0.467 e. The van der Waals surface area contributed by atoms with Crippen molar-refractivity contribution in [1.29, 1.82) is 0 Å². The van der Waals surface area contributed by atoms with Gasteiger partial charge in [0.15, 0.2) is 5.78 Å². The highest BCUT2D eigenvalue weighted by molar-refractivity contribution is 6.09. The molecule has 0 bridgehead atoms. The molecule has 1 aliphatic rings. The quantitative estimate of drug-likeness (QED) is 0.355. The highest BCUT2D eigenvalue weighted by Crippen LogP contribution is 2.23. The number of carbonyl (C=O) groups excluding carboxylic acids is 3. The predicted molar refractivity (Wildman–Crippen MR) is 104 cm³/mol. The van der Waals surface area contributed by atoms with Crippen molar-refractivity contribution in [2.24, 2.45) is 5.92 Å². The zero-order valence-corrected chi connectivity index (χ0v) is 15.9. The number of ether oxygens (including phenoxy) is 1. The number of esters is 1. The van der Waals surface area contributed by atoms with Crippen LogP contribution in [0.5, 0.6) is 5.75 Å². The van der Waals surface area contributed by atoms with E-state index < -0.39 is 17.7 Å². The minimum atomic E-state index is -0.562. The first-order chi connectivity index (χ1) is 14.5. The lowest BCUT2D eigenvalue weighted by Gasteiger charge is -2.14. The summed E-state index contributed by atoms with van der Waals surface area (Å²) in [4.78, 5) is 38.6. The molecule has 6 nitrogen and oxygen atoms in total. The van der Waals surface area contributed by atoms with Crippen molar-refractivity contribution in [3.05, 3.63) is 89.6 Å². The molecule has 0 N–H and O–H groups in total. The maximum atomic E-state index is 13.0. The van der Waals surface area contributed by atoms with Crippen LogP contribution in [0.25, 0.3) is 0 Å². The summed E-state index contributed by atoms with van der Waals surface area (Å²) in [5.74, 6) is -0.930. The number of furan rings is 1. The van der Waals surface area contributed by atoms with Gasteiger partial charge in [-0.05, 0) is 60.7 Å². The second kappa shape index (κ2) is 8.32. The molecule has 1 aliphatic heterocycles. The standard InChI is InChI=1S/C23H18FNO5/c24-18-7-3-15(4-8-18)22(27)16-5-9-19(10-6-16)30-23(28)17-12-21(26)25(13-17)14-20-2-1-11-29-20/h1-11,17H,12-14H2/t17-/m0/s1. The van der Waals surface area contributed by atoms with Crippen LogP contribution in [-0.2, 0) is 16.1 Å². The number of halogens is 1. The van der Waals surface area contributed by atoms with Gasteiger partial charge in [0, 0.05) is 24.1 Å². The van der Waals surface area contributed by atoms with Gasteiger partial charge in [-0.3, -0.25) is 14.4 Å². The molecular formula is C23H18FNO5. The zero-order valence-electron chi connectivity index (χ0n) is 15.9. The first-order valence-electron chi connectivity index (χ1n) is 9.42. The largest absolute Gasteiger partial charge is 0.467 e. The summed E-state index contributed by atoms with van der Waals surface area (Å²) in [5.41, 5.74) is 0.754. The zero-order chi connectivity index (χ0) is 21.1. The molecule has 2 aromatic carbocycles. The Bertz CT molecular complexity index is 1060. The molecule has 0 radical (unpaired) electrons. The average Bonchev–Trinajstić information content (AvgIpc) is 3.39. The van der Waals surface area contributed by atoms with E-state index in [9.17, 15) is 18.8 Å². The van der Waals surface area contributed by atoms with E-state index in [1.165, 1.54) is 54.8 Å². The molecule has 0 saturated carbocycles. The SMILES string of the molecule is O=C(c1ccc(F)cc1)c1ccc(OC(=O)[C@H]2CC(=O)N(Cc3ccco3)C2)cc1. The third-order valence-corrected chi connectivity index (χ3v) is 4.92. The van der Waals surface area contributed by atoms with Gasteiger partial charge in [0.1, 0.15) is 17.3 Å². The summed E-state index contributed by atoms with van der Waals surface area (Å²) in [6.07, 6.45) is 1.62. The van der Waals surface area contributed by atoms with Crippen LogP contribution in [0.3, 0.4) is 0 Å². The fourth-order valence-corrected chi connectivity index (χ4v) is 3.32. The third kappa shape index (κ3) is 4.30. The number of likely N-dealkylation sites (tertiary alicyclic amines) is 1. The molecule has 30 heavy (non-hydrogen) atoms. The van der Waals surface area contributed by atoms with Gasteiger partial charge in [0.25, 0.3) is 0 Å². The van der Waals surface area contributed by atoms with E-state index in [-0.39, 0.29) is 30.4 Å². The van der Waals surface area contributed by atoms with Crippen molar-refractivity contribution < 1.29 is 27.9 Å². The fourth-order valence-electron chi connectivity index (χ4n) is 3.32. The monoisotopic (exact) mass is 407 g/mol. The first-order valence-corrected chi connectivity index (χ1v) is 9.42. The molecule has 1 saturated heterocycles. The Morgan fingerprint density at radius 2 is 1.70 bits per heavy atom. The summed E-state index contributed by atoms with van der Waals surface area (Å²) in [7, 11) is 0. The highest BCUT2D eigenvalue weighted by atomic mass is 19.1. The fraction of sp³-hybridized carbons (Fsp3) is 0.174. The number of carbonyl (C=O) groups is 3. The van der Waals surface area contributed by atoms with E-state index in [4.69, 9.17) is 9.15 Å². The van der Waals surface area contributed by atoms with Crippen LogP contribution in [-0.4, -0.2) is 29.1 Å². The third-order valence-electron chi connectivity index (χ3n) is 4.92. The second-order valence-electron chi connectivity index (χ2n) is 7.04. The normalized spacial score (nSPS) is 16.0. The maximum absolute atomic E-state index is 13.0. The van der Waals surface area contributed by atoms with Gasteiger partial charge in [-0.1, -0.05) is 0 Å². The van der Waals surface area contributed by atoms with Gasteiger partial charge in [-0.25, -0.2) is 4.39 Å². The molecule has 7 heteroatoms. The summed E-state index contributed by atoms with van der Waals surface area (Å²) >= 11 is 0. The van der Waals surface area contributed by atoms with E-state index in [1.807, 2.05) is 0 Å². The van der Waals surface area contributed by atoms with E-state index in [0.29, 0.717) is 23.4 Å². The van der Waals surface area contributed by atoms with Gasteiger partial charge in [-0.15, -0.1) is 0 Å². The van der Waals surface area contributed by atoms with Crippen LogP contribution in [0.2, 0.25) is 0 Å². The number of hydrogen-bond acceptors (Lipinski definition) is 5. The smallest absolute Gasteiger partial charge is 0.316 e. The number of nitrogens with zero attached hydrogens (tertiary/aromatic N) is 1. The van der Waals surface area contributed by atoms with Gasteiger partial charge < -0.3 is 14.1 Å². The van der Waals surface area contributed by atoms with Crippen LogP contribution in [0.1, 0.15) is 28.1 Å². The molecule has 0 aliphatic carbocycles. The predicted octanol–water partition coefficient (Wildman–Crippen LogP) is 3.60. The van der Waals surface area contributed by atoms with Crippen LogP contribution in [0.4, 0.5) is 4.39 Å². The Morgan fingerprint density at radius 1 is 1.03 bits per heavy atom. The molecule has 0 unspecified atom stereocenters. The number of rotatable bonds is 6. The lowest BCUT2D eigenvalue weighted by molar-refractivity contribution is -0.139. The lowest BCUT2D eigenvalue weighted by atomic mass is 10.0. The summed E-state index contributed by atoms with van der Waals surface area (Å²) < 4.78 is 23.6. The van der Waals surface area contributed by atoms with Crippen LogP contribution in [0.15, 0.2) is 71.3 Å². The summed E-state index contributed by atoms with van der Waals surface area (Å²) in [6, 6.07) is 14.9. The van der Waals surface area contributed by atoms with Gasteiger partial charge >= 0.3 is 5.97 Å². The van der Waals surface area contributed by atoms with E-state index >= 15 is 0 Å². The van der Waals surface area contributed by atoms with Crippen LogP contribution >= 0.6 is 0 Å². The number of ketones is 1. The van der Waals surface area contributed by atoms with Crippen molar-refractivity contribution in [2.75, 3.05) is 6.54 Å². The van der Waals surface area contributed by atoms with Gasteiger partial charge in [0.05, 0.1) is 18.7 Å². The molecule has 1 aromatic heterocycles. The average molecular weight is 407 g/mol. The van der Waals surface area contributed by atoms with Crippen molar-refractivity contribution >= 4 is 17.7 Å². The Kier molecular flexibility index (Phi) is 5.43. The first kappa shape index (κ1) is 19.6. The van der Waals surface area contributed by atoms with Crippen LogP contribution in [0, 0.1) is 11.7 Å². The van der Waals surface area contributed by atoms with Crippen molar-refractivity contribution in [3.8, 4) is 5.75 Å². The summed E-state index contributed by atoms with van der Waals surface area (Å²) in [5, 5.41) is 0. The number of amides is 1. The topological polar surface area (TPSA) is 76.8 Å². The Labute approximate surface area is 171 Å². The van der Waals surface area contributed by atoms with E-state index in [1.54, 1.807) is 17.0 Å². The van der Waals surface area contributed by atoms with Crippen molar-refractivity contribution in [3.63, 3.8) is 0 Å². The number of benzene rings is 2. The summed E-state index contributed by atoms with van der Waals surface area (Å²) in [6.45, 7) is 0.579. The molecular weight excluding hydrogens is 389 g/mol. The minimum absolute atomic E-state index is 0.0840. The molecule has 3 aromatic rings. The Balaban J connectivity index is 1.36. The van der Waals surface area contributed by atoms with Gasteiger partial charge in [0.2, 0.25) is 5.91 Å². The van der Waals surface area contributed by atoms with E-state index in [0.717, 1.165) is 0 Å². The molecule has 0 spiro atoms. The lowest BCUT2D eigenvalue weighted by Crippen LogP contribution is -2.27. The molecule has 1 amide bonds. The number of hydrogen-bond donors (Lipinski definition) is 0. The maximum Gasteiger partial charge on any atom is 0.316 e. The van der Waals surface area contributed by atoms with Crippen molar-refractivity contribution in [1.82, 2.24) is 4.90 Å². The second-order valence-corrected chi connectivity index (χ2v) is 7.04. The van der Waals surface area contributed by atoms with Crippen LogP contribution < -0.4 is 4.74 Å². The Hall–Kier alpha value is -3.74. The molecule has 1 fully saturated rings.